The molecule has 2 aromatic rings. The van der Waals surface area contributed by atoms with Gasteiger partial charge >= 0.3 is 0 Å². The number of para-hydroxylation sites is 1. The zero-order valence-electron chi connectivity index (χ0n) is 11.2. The summed E-state index contributed by atoms with van der Waals surface area (Å²) in [7, 11) is 1.56. The highest BCUT2D eigenvalue weighted by Gasteiger charge is 2.22. The van der Waals surface area contributed by atoms with Crippen LogP contribution in [0.25, 0.3) is 0 Å². The van der Waals surface area contributed by atoms with E-state index in [-0.39, 0.29) is 5.78 Å². The highest BCUT2D eigenvalue weighted by Crippen LogP contribution is 2.32. The van der Waals surface area contributed by atoms with E-state index in [1.807, 2.05) is 12.1 Å². The second-order valence-electron chi connectivity index (χ2n) is 4.67. The molecule has 2 aromatic carbocycles. The summed E-state index contributed by atoms with van der Waals surface area (Å²) in [4.78, 5) is 12.7. The molecule has 0 atom stereocenters. The average Bonchev–Trinajstić information content (AvgIpc) is 2.95. The minimum Gasteiger partial charge on any atom is -0.497 e. The van der Waals surface area contributed by atoms with Crippen molar-refractivity contribution in [2.45, 2.75) is 6.42 Å². The first kappa shape index (κ1) is 12.5. The van der Waals surface area contributed by atoms with E-state index >= 15 is 0 Å². The molecule has 0 amide bonds. The zero-order chi connectivity index (χ0) is 14.1. The van der Waals surface area contributed by atoms with E-state index in [4.69, 9.17) is 15.2 Å². The number of fused-ring (bicyclic) bond motifs is 1. The van der Waals surface area contributed by atoms with Gasteiger partial charge in [-0.1, -0.05) is 12.1 Å². The predicted octanol–water partition coefficient (Wildman–Crippen LogP) is 2.44. The van der Waals surface area contributed by atoms with Gasteiger partial charge in [0.2, 0.25) is 0 Å². The summed E-state index contributed by atoms with van der Waals surface area (Å²) in [6.45, 7) is 0.618. The summed E-state index contributed by atoms with van der Waals surface area (Å²) in [6, 6.07) is 10.7. The van der Waals surface area contributed by atoms with Crippen LogP contribution in [0.15, 0.2) is 36.4 Å². The standard InChI is InChI=1S/C16H15NO3/c1-19-11-5-6-14(17)13(9-11)15(18)12-4-2-3-10-7-8-20-16(10)12/h2-6,9H,7-8,17H2,1H3. The average molecular weight is 269 g/mol. The topological polar surface area (TPSA) is 61.5 Å². The van der Waals surface area contributed by atoms with Gasteiger partial charge in [0.15, 0.2) is 5.78 Å². The van der Waals surface area contributed by atoms with E-state index in [2.05, 4.69) is 0 Å². The number of ketones is 1. The second-order valence-corrected chi connectivity index (χ2v) is 4.67. The molecule has 102 valence electrons. The van der Waals surface area contributed by atoms with Crippen molar-refractivity contribution in [1.29, 1.82) is 0 Å². The number of carbonyl (C=O) groups excluding carboxylic acids is 1. The lowest BCUT2D eigenvalue weighted by Gasteiger charge is -2.10. The van der Waals surface area contributed by atoms with Gasteiger partial charge in [-0.2, -0.15) is 0 Å². The number of nitrogens with two attached hydrogens (primary N) is 1. The first-order chi connectivity index (χ1) is 9.70. The molecule has 4 heteroatoms. The SMILES string of the molecule is COc1ccc(N)c(C(=O)c2cccc3c2OCC3)c1. The lowest BCUT2D eigenvalue weighted by atomic mass is 9.98. The highest BCUT2D eigenvalue weighted by atomic mass is 16.5. The number of rotatable bonds is 3. The Morgan fingerprint density at radius 1 is 1.25 bits per heavy atom. The lowest BCUT2D eigenvalue weighted by molar-refractivity contribution is 0.103. The number of hydrogen-bond donors (Lipinski definition) is 1. The third-order valence-corrected chi connectivity index (χ3v) is 3.46. The van der Waals surface area contributed by atoms with Crippen LogP contribution in [0.2, 0.25) is 0 Å². The fourth-order valence-electron chi connectivity index (χ4n) is 2.40. The molecular formula is C16H15NO3. The van der Waals surface area contributed by atoms with Crippen molar-refractivity contribution in [3.8, 4) is 11.5 Å². The minimum atomic E-state index is -0.139. The maximum atomic E-state index is 12.7. The summed E-state index contributed by atoms with van der Waals surface area (Å²) in [6.07, 6.45) is 0.837. The molecule has 2 N–H and O–H groups in total. The van der Waals surface area contributed by atoms with Crippen LogP contribution in [0.3, 0.4) is 0 Å². The molecule has 0 fully saturated rings. The van der Waals surface area contributed by atoms with E-state index in [9.17, 15) is 4.79 Å². The van der Waals surface area contributed by atoms with E-state index < -0.39 is 0 Å². The molecule has 0 spiro atoms. The largest absolute Gasteiger partial charge is 0.497 e. The van der Waals surface area contributed by atoms with Gasteiger partial charge in [0, 0.05) is 17.7 Å². The summed E-state index contributed by atoms with van der Waals surface area (Å²) >= 11 is 0. The summed E-state index contributed by atoms with van der Waals surface area (Å²) in [5.74, 6) is 1.15. The van der Waals surface area contributed by atoms with Gasteiger partial charge < -0.3 is 15.2 Å². The van der Waals surface area contributed by atoms with Crippen molar-refractivity contribution in [3.63, 3.8) is 0 Å². The highest BCUT2D eigenvalue weighted by molar-refractivity contribution is 6.14. The van der Waals surface area contributed by atoms with Crippen LogP contribution in [0.5, 0.6) is 11.5 Å². The maximum Gasteiger partial charge on any atom is 0.198 e. The lowest BCUT2D eigenvalue weighted by Crippen LogP contribution is -2.07. The molecular weight excluding hydrogens is 254 g/mol. The van der Waals surface area contributed by atoms with Crippen LogP contribution in [-0.2, 0) is 6.42 Å². The van der Waals surface area contributed by atoms with Gasteiger partial charge in [-0.3, -0.25) is 4.79 Å². The Morgan fingerprint density at radius 3 is 2.90 bits per heavy atom. The van der Waals surface area contributed by atoms with Gasteiger partial charge in [0.25, 0.3) is 0 Å². The van der Waals surface area contributed by atoms with Crippen LogP contribution in [0.4, 0.5) is 5.69 Å². The zero-order valence-corrected chi connectivity index (χ0v) is 11.2. The normalized spacial score (nSPS) is 12.7. The van der Waals surface area contributed by atoms with Crippen molar-refractivity contribution in [1.82, 2.24) is 0 Å². The Balaban J connectivity index is 2.08. The van der Waals surface area contributed by atoms with Gasteiger partial charge in [0.05, 0.1) is 19.3 Å². The molecule has 3 rings (SSSR count). The molecule has 1 aliphatic heterocycles. The van der Waals surface area contributed by atoms with Crippen molar-refractivity contribution in [2.75, 3.05) is 19.5 Å². The van der Waals surface area contributed by atoms with Gasteiger partial charge in [-0.15, -0.1) is 0 Å². The van der Waals surface area contributed by atoms with Crippen LogP contribution < -0.4 is 15.2 Å². The molecule has 20 heavy (non-hydrogen) atoms. The Hall–Kier alpha value is -2.49. The third kappa shape index (κ3) is 1.99. The molecule has 0 aliphatic carbocycles. The molecule has 0 unspecified atom stereocenters. The third-order valence-electron chi connectivity index (χ3n) is 3.46. The number of carbonyl (C=O) groups is 1. The molecule has 0 radical (unpaired) electrons. The molecule has 4 nitrogen and oxygen atoms in total. The fourth-order valence-corrected chi connectivity index (χ4v) is 2.40. The minimum absolute atomic E-state index is 0.139. The van der Waals surface area contributed by atoms with Gasteiger partial charge in [-0.25, -0.2) is 0 Å². The molecule has 0 aromatic heterocycles. The summed E-state index contributed by atoms with van der Waals surface area (Å²) < 4.78 is 10.7. The quantitative estimate of drug-likeness (QED) is 0.686. The number of benzene rings is 2. The summed E-state index contributed by atoms with van der Waals surface area (Å²) in [5, 5.41) is 0. The number of nitrogen functional groups attached to an aromatic ring is 1. The van der Waals surface area contributed by atoms with E-state index in [0.29, 0.717) is 34.9 Å². The molecule has 0 bridgehead atoms. The summed E-state index contributed by atoms with van der Waals surface area (Å²) in [5.41, 5.74) is 8.41. The van der Waals surface area contributed by atoms with Crippen LogP contribution >= 0.6 is 0 Å². The van der Waals surface area contributed by atoms with Crippen molar-refractivity contribution in [2.24, 2.45) is 0 Å². The second kappa shape index (κ2) is 4.89. The fraction of sp³-hybridized carbons (Fsp3) is 0.188. The molecule has 1 aliphatic rings. The predicted molar refractivity (Wildman–Crippen MR) is 76.5 cm³/mol. The Bertz CT molecular complexity index is 679. The molecule has 0 saturated carbocycles. The maximum absolute atomic E-state index is 12.7. The van der Waals surface area contributed by atoms with E-state index in [0.717, 1.165) is 12.0 Å². The van der Waals surface area contributed by atoms with Gasteiger partial charge in [-0.05, 0) is 29.8 Å². The number of anilines is 1. The number of ether oxygens (including phenoxy) is 2. The first-order valence-electron chi connectivity index (χ1n) is 6.43. The van der Waals surface area contributed by atoms with Crippen LogP contribution in [-0.4, -0.2) is 19.5 Å². The molecule has 0 saturated heterocycles. The van der Waals surface area contributed by atoms with E-state index in [1.54, 1.807) is 31.4 Å². The number of methoxy groups -OCH3 is 1. The Morgan fingerprint density at radius 2 is 2.10 bits per heavy atom. The van der Waals surface area contributed by atoms with Crippen LogP contribution in [0, 0.1) is 0 Å². The molecule has 1 heterocycles. The van der Waals surface area contributed by atoms with Crippen molar-refractivity contribution < 1.29 is 14.3 Å². The van der Waals surface area contributed by atoms with E-state index in [1.165, 1.54) is 0 Å². The van der Waals surface area contributed by atoms with Crippen LogP contribution in [0.1, 0.15) is 21.5 Å². The monoisotopic (exact) mass is 269 g/mol. The smallest absolute Gasteiger partial charge is 0.198 e. The Labute approximate surface area is 117 Å². The first-order valence-corrected chi connectivity index (χ1v) is 6.43. The van der Waals surface area contributed by atoms with Gasteiger partial charge in [0.1, 0.15) is 11.5 Å². The van der Waals surface area contributed by atoms with Crippen molar-refractivity contribution in [3.05, 3.63) is 53.1 Å². The van der Waals surface area contributed by atoms with Crippen molar-refractivity contribution >= 4 is 11.5 Å². The number of hydrogen-bond acceptors (Lipinski definition) is 4. The Kier molecular flexibility index (Phi) is 3.06.